The normalized spacial score (nSPS) is 12.5. The molecular weight excluding hydrogens is 402 g/mol. The fourth-order valence-corrected chi connectivity index (χ4v) is 3.25. The zero-order chi connectivity index (χ0) is 16.0. The van der Waals surface area contributed by atoms with Gasteiger partial charge in [0.2, 0.25) is 0 Å². The van der Waals surface area contributed by atoms with E-state index in [2.05, 4.69) is 51.0 Å². The Kier molecular flexibility index (Phi) is 7.70. The van der Waals surface area contributed by atoms with E-state index in [-0.39, 0.29) is 0 Å². The molecule has 0 aromatic heterocycles. The first kappa shape index (κ1) is 18.5. The van der Waals surface area contributed by atoms with E-state index in [4.69, 9.17) is 4.74 Å². The second-order valence-electron chi connectivity index (χ2n) is 5.16. The molecule has 21 heavy (non-hydrogen) atoms. The molecule has 0 radical (unpaired) electrons. The van der Waals surface area contributed by atoms with Crippen LogP contribution in [0.2, 0.25) is 0 Å². The highest BCUT2D eigenvalue weighted by Gasteiger charge is 2.21. The number of carboxylic acid groups (broad SMARTS) is 1. The molecule has 2 N–H and O–H groups in total. The van der Waals surface area contributed by atoms with E-state index in [1.807, 2.05) is 19.1 Å². The summed E-state index contributed by atoms with van der Waals surface area (Å²) >= 11 is 6.92. The standard InChI is InChI=1S/C15H21Br2NO3/c1-4-5-13(15(19)20)21-14-11(16)6-10(7-12(14)17)8-18-9(2)3/h6-7,9,13,18H,4-5,8H2,1-3H3,(H,19,20). The SMILES string of the molecule is CCCC(Oc1c(Br)cc(CNC(C)C)cc1Br)C(=O)O. The largest absolute Gasteiger partial charge is 0.479 e. The zero-order valence-electron chi connectivity index (χ0n) is 12.5. The molecule has 4 nitrogen and oxygen atoms in total. The van der Waals surface area contributed by atoms with Crippen LogP contribution < -0.4 is 10.1 Å². The summed E-state index contributed by atoms with van der Waals surface area (Å²) in [6.07, 6.45) is 0.398. The number of halogens is 2. The van der Waals surface area contributed by atoms with Gasteiger partial charge in [0.25, 0.3) is 0 Å². The van der Waals surface area contributed by atoms with Crippen molar-refractivity contribution in [3.05, 3.63) is 26.6 Å². The number of hydrogen-bond acceptors (Lipinski definition) is 3. The van der Waals surface area contributed by atoms with Gasteiger partial charge in [0.1, 0.15) is 5.75 Å². The molecule has 0 bridgehead atoms. The van der Waals surface area contributed by atoms with Gasteiger partial charge >= 0.3 is 5.97 Å². The topological polar surface area (TPSA) is 58.6 Å². The summed E-state index contributed by atoms with van der Waals surface area (Å²) in [6.45, 7) is 6.85. The van der Waals surface area contributed by atoms with Gasteiger partial charge in [-0.25, -0.2) is 4.79 Å². The Hall–Kier alpha value is -0.590. The summed E-state index contributed by atoms with van der Waals surface area (Å²) in [5.74, 6) is -0.412. The average Bonchev–Trinajstić information content (AvgIpc) is 2.38. The van der Waals surface area contributed by atoms with Gasteiger partial charge in [0.15, 0.2) is 6.10 Å². The van der Waals surface area contributed by atoms with Crippen LogP contribution in [0.15, 0.2) is 21.1 Å². The van der Waals surface area contributed by atoms with E-state index >= 15 is 0 Å². The molecule has 0 saturated carbocycles. The zero-order valence-corrected chi connectivity index (χ0v) is 15.6. The molecule has 0 aliphatic heterocycles. The molecule has 1 aromatic carbocycles. The van der Waals surface area contributed by atoms with Crippen LogP contribution in [-0.2, 0) is 11.3 Å². The fourth-order valence-electron chi connectivity index (χ4n) is 1.79. The lowest BCUT2D eigenvalue weighted by molar-refractivity contribution is -0.145. The van der Waals surface area contributed by atoms with Crippen molar-refractivity contribution in [3.63, 3.8) is 0 Å². The van der Waals surface area contributed by atoms with E-state index in [0.29, 0.717) is 18.2 Å². The van der Waals surface area contributed by atoms with E-state index < -0.39 is 12.1 Å². The van der Waals surface area contributed by atoms with Crippen molar-refractivity contribution in [2.75, 3.05) is 0 Å². The molecule has 0 saturated heterocycles. The van der Waals surface area contributed by atoms with Crippen molar-refractivity contribution in [2.24, 2.45) is 0 Å². The van der Waals surface area contributed by atoms with Gasteiger partial charge in [0, 0.05) is 12.6 Å². The number of carboxylic acids is 1. The molecule has 1 rings (SSSR count). The predicted octanol–water partition coefficient (Wildman–Crippen LogP) is 4.34. The quantitative estimate of drug-likeness (QED) is 0.654. The summed E-state index contributed by atoms with van der Waals surface area (Å²) in [6, 6.07) is 4.29. The Morgan fingerprint density at radius 2 is 1.90 bits per heavy atom. The first-order valence-electron chi connectivity index (χ1n) is 6.95. The third-order valence-corrected chi connectivity index (χ3v) is 4.04. The number of aliphatic carboxylic acids is 1. The van der Waals surface area contributed by atoms with Crippen LogP contribution >= 0.6 is 31.9 Å². The lowest BCUT2D eigenvalue weighted by atomic mass is 10.2. The maximum Gasteiger partial charge on any atom is 0.344 e. The summed E-state index contributed by atoms with van der Waals surface area (Å²) in [7, 11) is 0. The van der Waals surface area contributed by atoms with Crippen molar-refractivity contribution in [1.29, 1.82) is 0 Å². The molecular formula is C15H21Br2NO3. The van der Waals surface area contributed by atoms with Crippen LogP contribution in [0.25, 0.3) is 0 Å². The summed E-state index contributed by atoms with van der Waals surface area (Å²) in [4.78, 5) is 11.2. The Bertz CT molecular complexity index is 469. The third-order valence-electron chi connectivity index (χ3n) is 2.86. The molecule has 6 heteroatoms. The maximum atomic E-state index is 11.2. The van der Waals surface area contributed by atoms with Gasteiger partial charge in [-0.15, -0.1) is 0 Å². The summed E-state index contributed by atoms with van der Waals surface area (Å²) in [5, 5.41) is 12.5. The highest BCUT2D eigenvalue weighted by molar-refractivity contribution is 9.11. The Morgan fingerprint density at radius 1 is 1.33 bits per heavy atom. The molecule has 0 amide bonds. The van der Waals surface area contributed by atoms with Crippen LogP contribution in [0, 0.1) is 0 Å². The molecule has 118 valence electrons. The van der Waals surface area contributed by atoms with Gasteiger partial charge in [-0.3, -0.25) is 0 Å². The highest BCUT2D eigenvalue weighted by atomic mass is 79.9. The van der Waals surface area contributed by atoms with E-state index in [9.17, 15) is 9.90 Å². The molecule has 0 spiro atoms. The van der Waals surface area contributed by atoms with E-state index in [1.54, 1.807) is 0 Å². The maximum absolute atomic E-state index is 11.2. The number of rotatable bonds is 8. The number of nitrogens with one attached hydrogen (secondary N) is 1. The fraction of sp³-hybridized carbons (Fsp3) is 0.533. The molecule has 1 aromatic rings. The van der Waals surface area contributed by atoms with E-state index in [1.165, 1.54) is 0 Å². The van der Waals surface area contributed by atoms with Crippen LogP contribution in [0.3, 0.4) is 0 Å². The number of carbonyl (C=O) groups is 1. The van der Waals surface area contributed by atoms with Gasteiger partial charge < -0.3 is 15.2 Å². The molecule has 1 unspecified atom stereocenters. The first-order chi connectivity index (χ1) is 9.85. The second kappa shape index (κ2) is 8.76. The smallest absolute Gasteiger partial charge is 0.344 e. The summed E-state index contributed by atoms with van der Waals surface area (Å²) in [5.41, 5.74) is 1.09. The number of benzene rings is 1. The third kappa shape index (κ3) is 5.96. The van der Waals surface area contributed by atoms with Gasteiger partial charge in [-0.05, 0) is 56.0 Å². The van der Waals surface area contributed by atoms with Gasteiger partial charge in [0.05, 0.1) is 8.95 Å². The van der Waals surface area contributed by atoms with Gasteiger partial charge in [-0.2, -0.15) is 0 Å². The molecule has 1 atom stereocenters. The average molecular weight is 423 g/mol. The highest BCUT2D eigenvalue weighted by Crippen LogP contribution is 2.36. The molecule has 0 aliphatic carbocycles. The minimum Gasteiger partial charge on any atom is -0.479 e. The van der Waals surface area contributed by atoms with Crippen molar-refractivity contribution in [1.82, 2.24) is 5.32 Å². The van der Waals surface area contributed by atoms with Crippen molar-refractivity contribution < 1.29 is 14.6 Å². The summed E-state index contributed by atoms with van der Waals surface area (Å²) < 4.78 is 7.14. The number of hydrogen-bond donors (Lipinski definition) is 2. The monoisotopic (exact) mass is 421 g/mol. The van der Waals surface area contributed by atoms with Crippen LogP contribution in [0.4, 0.5) is 0 Å². The van der Waals surface area contributed by atoms with Gasteiger partial charge in [-0.1, -0.05) is 27.2 Å². The van der Waals surface area contributed by atoms with Crippen LogP contribution in [0.5, 0.6) is 5.75 Å². The minimum atomic E-state index is -0.943. The Labute approximate surface area is 142 Å². The second-order valence-corrected chi connectivity index (χ2v) is 6.87. The van der Waals surface area contributed by atoms with E-state index in [0.717, 1.165) is 27.5 Å². The van der Waals surface area contributed by atoms with Crippen molar-refractivity contribution in [3.8, 4) is 5.75 Å². The minimum absolute atomic E-state index is 0.402. The van der Waals surface area contributed by atoms with Crippen LogP contribution in [0.1, 0.15) is 39.2 Å². The van der Waals surface area contributed by atoms with Crippen molar-refractivity contribution in [2.45, 2.75) is 52.3 Å². The lowest BCUT2D eigenvalue weighted by Crippen LogP contribution is -2.27. The molecule has 0 heterocycles. The number of ether oxygens (including phenoxy) is 1. The Balaban J connectivity index is 2.90. The van der Waals surface area contributed by atoms with Crippen LogP contribution in [-0.4, -0.2) is 23.2 Å². The first-order valence-corrected chi connectivity index (χ1v) is 8.54. The predicted molar refractivity (Wildman–Crippen MR) is 90.8 cm³/mol. The van der Waals surface area contributed by atoms with Crippen molar-refractivity contribution >= 4 is 37.8 Å². The lowest BCUT2D eigenvalue weighted by Gasteiger charge is -2.18. The molecule has 0 aliphatic rings. The molecule has 0 fully saturated rings. The Morgan fingerprint density at radius 3 is 2.33 bits per heavy atom.